The van der Waals surface area contributed by atoms with E-state index in [4.69, 9.17) is 28.4 Å². The van der Waals surface area contributed by atoms with E-state index in [0.29, 0.717) is 0 Å². The third-order valence-corrected chi connectivity index (χ3v) is 11.8. The van der Waals surface area contributed by atoms with Gasteiger partial charge in [-0.2, -0.15) is 0 Å². The van der Waals surface area contributed by atoms with Gasteiger partial charge < -0.3 is 69.0 Å². The molecule has 4 fully saturated rings. The molecule has 1 aromatic rings. The first kappa shape index (κ1) is 44.8. The molecule has 1 unspecified atom stereocenters. The molecule has 1 saturated carbocycles. The summed E-state index contributed by atoms with van der Waals surface area (Å²) >= 11 is 0. The van der Waals surface area contributed by atoms with Crippen LogP contribution in [0.25, 0.3) is 0 Å². The molecule has 0 spiro atoms. The van der Waals surface area contributed by atoms with Crippen molar-refractivity contribution in [1.82, 2.24) is 4.72 Å². The number of carbonyl (C=O) groups is 1. The van der Waals surface area contributed by atoms with Crippen LogP contribution in [-0.4, -0.2) is 151 Å². The number of aliphatic hydroxyl groups excluding tert-OH is 6. The Morgan fingerprint density at radius 2 is 1.55 bits per heavy atom. The minimum Gasteiger partial charge on any atom is -0.547 e. The van der Waals surface area contributed by atoms with E-state index in [-0.39, 0.29) is 66.4 Å². The molecule has 7 N–H and O–H groups in total. The summed E-state index contributed by atoms with van der Waals surface area (Å²) in [4.78, 5) is 12.1. The zero-order valence-corrected chi connectivity index (χ0v) is 33.0. The minimum absolute atomic E-state index is 0. The molecule has 0 amide bonds. The molecule has 1 aromatic carbocycles. The number of aryl methyl sites for hydroxylation is 1. The van der Waals surface area contributed by atoms with Gasteiger partial charge in [-0.25, -0.2) is 13.1 Å². The number of aliphatic hydroxyl groups is 6. The van der Waals surface area contributed by atoms with E-state index in [9.17, 15) is 49.0 Å². The zero-order chi connectivity index (χ0) is 37.7. The van der Waals surface area contributed by atoms with E-state index < -0.39 is 108 Å². The van der Waals surface area contributed by atoms with Gasteiger partial charge in [0.1, 0.15) is 48.8 Å². The third-order valence-electron chi connectivity index (χ3n) is 10.4. The van der Waals surface area contributed by atoms with Crippen LogP contribution in [0.5, 0.6) is 0 Å². The fourth-order valence-electron chi connectivity index (χ4n) is 7.22. The van der Waals surface area contributed by atoms with Gasteiger partial charge in [-0.1, -0.05) is 49.8 Å². The van der Waals surface area contributed by atoms with Crippen molar-refractivity contribution in [2.75, 3.05) is 19.8 Å². The number of sulfonamides is 1. The summed E-state index contributed by atoms with van der Waals surface area (Å²) in [6, 6.07) is 6.15. The normalized spacial score (nSPS) is 37.8. The fraction of sp³-hybridized carbons (Fsp3) is 0.794. The van der Waals surface area contributed by atoms with Gasteiger partial charge in [-0.05, 0) is 44.7 Å². The summed E-state index contributed by atoms with van der Waals surface area (Å²) in [7, 11) is -4.05. The molecule has 0 radical (unpaired) electrons. The van der Waals surface area contributed by atoms with Crippen molar-refractivity contribution in [2.45, 2.75) is 150 Å². The van der Waals surface area contributed by atoms with Gasteiger partial charge in [0.15, 0.2) is 12.6 Å². The second-order valence-corrected chi connectivity index (χ2v) is 15.9. The topological polar surface area (TPSA) is 263 Å². The molecule has 3 aliphatic heterocycles. The molecular formula is C34H52NNaO16S. The second kappa shape index (κ2) is 20.0. The Kier molecular flexibility index (Phi) is 16.9. The molecule has 3 saturated heterocycles. The standard InChI is InChI=1S/C34H53NO16S.Na/c1-17-8-10-20(11-9-17)52(44,45)35-15-23-30(51-33-28(40)27(39)25(37)18(2)47-33)21(12-13-46-23)49-34-29(41)31(26(38)24(16-36)50-34)48-22(32(42)43)14-19-6-4-3-5-7-19;/h8-11,18-19,21-31,33-41H,3-7,12-16H2,1-2H3,(H,42,43);/q;+1/p-1/t18-,21+,22+,23?,24+,25+,26-,27-,28+,29-,30-,31+,33-,34+;/m1./s1. The smallest absolute Gasteiger partial charge is 0.547 e. The molecule has 17 nitrogen and oxygen atoms in total. The van der Waals surface area contributed by atoms with Crippen LogP contribution in [0.1, 0.15) is 57.4 Å². The molecule has 14 atom stereocenters. The zero-order valence-electron chi connectivity index (χ0n) is 30.2. The van der Waals surface area contributed by atoms with Crippen LogP contribution in [0.15, 0.2) is 29.2 Å². The number of rotatable bonds is 14. The van der Waals surface area contributed by atoms with Crippen molar-refractivity contribution < 1.29 is 107 Å². The Bertz CT molecular complexity index is 1400. The average molecular weight is 786 g/mol. The van der Waals surface area contributed by atoms with E-state index in [1.54, 1.807) is 12.1 Å². The first-order valence-electron chi connectivity index (χ1n) is 17.9. The van der Waals surface area contributed by atoms with Crippen molar-refractivity contribution in [3.05, 3.63) is 29.8 Å². The van der Waals surface area contributed by atoms with Crippen LogP contribution < -0.4 is 39.4 Å². The summed E-state index contributed by atoms with van der Waals surface area (Å²) in [5, 5.41) is 76.0. The van der Waals surface area contributed by atoms with Gasteiger partial charge >= 0.3 is 29.6 Å². The Balaban J connectivity index is 0.00000627. The van der Waals surface area contributed by atoms with Crippen LogP contribution in [-0.2, 0) is 43.2 Å². The van der Waals surface area contributed by atoms with Crippen molar-refractivity contribution >= 4 is 16.0 Å². The Morgan fingerprint density at radius 3 is 2.19 bits per heavy atom. The number of ether oxygens (including phenoxy) is 6. The van der Waals surface area contributed by atoms with Crippen molar-refractivity contribution in [2.24, 2.45) is 5.92 Å². The Morgan fingerprint density at radius 1 is 0.887 bits per heavy atom. The third kappa shape index (κ3) is 11.2. The molecule has 3 heterocycles. The van der Waals surface area contributed by atoms with Crippen molar-refractivity contribution in [3.8, 4) is 0 Å². The molecule has 296 valence electrons. The van der Waals surface area contributed by atoms with Gasteiger partial charge in [0.25, 0.3) is 0 Å². The second-order valence-electron chi connectivity index (χ2n) is 14.2. The van der Waals surface area contributed by atoms with Crippen LogP contribution >= 0.6 is 0 Å². The van der Waals surface area contributed by atoms with E-state index in [1.165, 1.54) is 19.1 Å². The van der Waals surface area contributed by atoms with Crippen LogP contribution in [0, 0.1) is 12.8 Å². The van der Waals surface area contributed by atoms with E-state index in [0.717, 1.165) is 37.7 Å². The monoisotopic (exact) mass is 785 g/mol. The molecule has 53 heavy (non-hydrogen) atoms. The first-order chi connectivity index (χ1) is 24.7. The van der Waals surface area contributed by atoms with E-state index >= 15 is 0 Å². The predicted molar refractivity (Wildman–Crippen MR) is 175 cm³/mol. The molecule has 4 aliphatic rings. The van der Waals surface area contributed by atoms with Gasteiger partial charge in [-0.15, -0.1) is 0 Å². The van der Waals surface area contributed by atoms with Crippen LogP contribution in [0.3, 0.4) is 0 Å². The van der Waals surface area contributed by atoms with Gasteiger partial charge in [0.05, 0.1) is 41.9 Å². The number of carbonyl (C=O) groups excluding carboxylic acids is 1. The summed E-state index contributed by atoms with van der Waals surface area (Å²) in [5.41, 5.74) is 0.852. The number of carboxylic acid groups (broad SMARTS) is 1. The fourth-order valence-corrected chi connectivity index (χ4v) is 8.27. The number of benzene rings is 1. The largest absolute Gasteiger partial charge is 1.00 e. The first-order valence-corrected chi connectivity index (χ1v) is 19.4. The van der Waals surface area contributed by atoms with Crippen LogP contribution in [0.2, 0.25) is 0 Å². The molecule has 19 heteroatoms. The van der Waals surface area contributed by atoms with E-state index in [2.05, 4.69) is 4.72 Å². The molecular weight excluding hydrogens is 733 g/mol. The quantitative estimate of drug-likeness (QED) is 0.0869. The number of hydrogen-bond donors (Lipinski definition) is 7. The number of aliphatic carboxylic acids is 1. The van der Waals surface area contributed by atoms with Crippen molar-refractivity contribution in [1.29, 1.82) is 0 Å². The van der Waals surface area contributed by atoms with Gasteiger partial charge in [-0.3, -0.25) is 0 Å². The maximum absolute atomic E-state index is 13.2. The maximum atomic E-state index is 13.2. The number of hydrogen-bond acceptors (Lipinski definition) is 16. The number of nitrogens with one attached hydrogen (secondary N) is 1. The summed E-state index contributed by atoms with van der Waals surface area (Å²) < 4.78 is 64.3. The predicted octanol–water partition coefficient (Wildman–Crippen LogP) is -5.42. The van der Waals surface area contributed by atoms with Gasteiger partial charge in [0, 0.05) is 13.2 Å². The Labute approximate surface area is 331 Å². The van der Waals surface area contributed by atoms with Crippen LogP contribution in [0.4, 0.5) is 0 Å². The average Bonchev–Trinajstić information content (AvgIpc) is 3.12. The van der Waals surface area contributed by atoms with E-state index in [1.807, 2.05) is 6.92 Å². The number of carboxylic acids is 1. The van der Waals surface area contributed by atoms with Crippen molar-refractivity contribution in [3.63, 3.8) is 0 Å². The minimum atomic E-state index is -4.05. The molecule has 0 bridgehead atoms. The van der Waals surface area contributed by atoms with Gasteiger partial charge in [0.2, 0.25) is 10.0 Å². The Hall–Kier alpha value is -0.880. The molecule has 5 rings (SSSR count). The summed E-state index contributed by atoms with van der Waals surface area (Å²) in [6.07, 6.45) is -15.7. The summed E-state index contributed by atoms with van der Waals surface area (Å²) in [6.45, 7) is 2.15. The maximum Gasteiger partial charge on any atom is 1.00 e. The molecule has 0 aromatic heterocycles. The SMILES string of the molecule is Cc1ccc(S(=O)(=O)NCC2OCC[C@H](O[C@H]3O[C@@H](CO)[C@@H](O)[C@H](O[C@@H](CC4CCCCC4)C(=O)[O-])[C@H]3O)[C@H]2O[C@H]2O[C@H](C)[C@H](O)[C@@H](O)[C@@H]2O)cc1.[Na+]. The summed E-state index contributed by atoms with van der Waals surface area (Å²) in [5.74, 6) is -1.47. The molecule has 1 aliphatic carbocycles.